The number of esters is 3. The van der Waals surface area contributed by atoms with Gasteiger partial charge in [-0.2, -0.15) is 0 Å². The lowest BCUT2D eigenvalue weighted by atomic mass is 9.88. The van der Waals surface area contributed by atoms with Crippen molar-refractivity contribution in [1.29, 1.82) is 0 Å². The number of aliphatic hydroxyl groups is 5. The van der Waals surface area contributed by atoms with Crippen molar-refractivity contribution in [3.8, 4) is 11.5 Å². The first-order chi connectivity index (χ1) is 33.7. The first kappa shape index (κ1) is 60.7. The lowest BCUT2D eigenvalue weighted by Gasteiger charge is -2.47. The van der Waals surface area contributed by atoms with Crippen molar-refractivity contribution in [3.63, 3.8) is 0 Å². The van der Waals surface area contributed by atoms with Crippen LogP contribution >= 0.6 is 23.2 Å². The van der Waals surface area contributed by atoms with E-state index in [1.807, 2.05) is 32.9 Å². The SMILES string of the molecule is CCc1c(Cl)c(O)c(Cl)c(O)c1C(=O)O[C@H]1[C@H](O)[C@H](OC)[C@H](OC/C2=C/C=C/C[C@H](O)/C(C)=C\[C@H](CC)[C@@H](O[C@@H]3OC(C)(C)[C@@H](OC(=O)C(C)C)[C@H](O)[C@@H]3O)/C(C)=C/C(C)=C/C[C@@H]([C@@H](C)O)OC2=O)O[C@@H]1C. The summed E-state index contributed by atoms with van der Waals surface area (Å²) in [5.74, 6) is -4.78. The molecule has 0 saturated carbocycles. The van der Waals surface area contributed by atoms with E-state index >= 15 is 0 Å². The van der Waals surface area contributed by atoms with Crippen molar-refractivity contribution in [2.45, 2.75) is 187 Å². The van der Waals surface area contributed by atoms with E-state index in [2.05, 4.69) is 0 Å². The number of phenols is 2. The van der Waals surface area contributed by atoms with E-state index in [0.29, 0.717) is 23.1 Å². The number of allylic oxidation sites excluding steroid dienone is 4. The minimum atomic E-state index is -1.61. The van der Waals surface area contributed by atoms with Gasteiger partial charge < -0.3 is 73.6 Å². The normalized spacial score (nSPS) is 34.8. The molecular weight excluding hydrogens is 983 g/mol. The van der Waals surface area contributed by atoms with E-state index in [9.17, 15) is 50.1 Å². The molecule has 72 heavy (non-hydrogen) atoms. The summed E-state index contributed by atoms with van der Waals surface area (Å²) in [5.41, 5.74) is 0.318. The van der Waals surface area contributed by atoms with E-state index in [-0.39, 0.29) is 35.4 Å². The van der Waals surface area contributed by atoms with E-state index < -0.39 is 144 Å². The van der Waals surface area contributed by atoms with Gasteiger partial charge in [0.2, 0.25) is 0 Å². The van der Waals surface area contributed by atoms with E-state index in [0.717, 1.165) is 0 Å². The number of carbonyl (C=O) groups is 3. The van der Waals surface area contributed by atoms with Crippen LogP contribution in [0.4, 0.5) is 0 Å². The average molecular weight is 1060 g/mol. The van der Waals surface area contributed by atoms with Gasteiger partial charge in [-0.15, -0.1) is 0 Å². The maximum Gasteiger partial charge on any atom is 0.342 e. The summed E-state index contributed by atoms with van der Waals surface area (Å²) < 4.78 is 47.5. The van der Waals surface area contributed by atoms with Crippen molar-refractivity contribution >= 4 is 41.1 Å². The highest BCUT2D eigenvalue weighted by Crippen LogP contribution is 2.45. The Morgan fingerprint density at radius 2 is 1.57 bits per heavy atom. The number of cyclic esters (lactones) is 1. The summed E-state index contributed by atoms with van der Waals surface area (Å²) in [6.45, 7) is 18.1. The minimum absolute atomic E-state index is 0.0372. The summed E-state index contributed by atoms with van der Waals surface area (Å²) >= 11 is 12.3. The molecule has 2 saturated heterocycles. The third kappa shape index (κ3) is 14.7. The Morgan fingerprint density at radius 3 is 2.17 bits per heavy atom. The number of aromatic hydroxyl groups is 2. The molecule has 20 heteroatoms. The Morgan fingerprint density at radius 1 is 0.903 bits per heavy atom. The second kappa shape index (κ2) is 26.5. The van der Waals surface area contributed by atoms with Crippen LogP contribution in [-0.4, -0.2) is 153 Å². The molecule has 3 aliphatic rings. The first-order valence-electron chi connectivity index (χ1n) is 24.2. The lowest BCUT2D eigenvalue weighted by Crippen LogP contribution is -2.64. The molecule has 0 radical (unpaired) electrons. The number of phenolic OH excluding ortho intramolecular Hbond substituents is 2. The Kier molecular flexibility index (Phi) is 22.4. The number of carbonyl (C=O) groups excluding carboxylic acids is 3. The summed E-state index contributed by atoms with van der Waals surface area (Å²) in [5, 5.41) is 76.5. The standard InChI is InChI=1S/C52H74Cl2O18/c1-13-30-22-26(6)33(56)18-16-15-17-31(23-66-51-45(65-12)42(61)44(29(9)67-51)69-49(64)35-32(14-2)36(53)39(58)37(54)38(35)57)48(63)68-34(28(8)55)20-19-25(5)21-27(7)43(30)70-50-41(60)40(59)46(52(10,11)72-50)71-47(62)24(3)4/h15-17,19,21-22,24,28-30,33-34,40-46,50-51,55-61H,13-14,18,20,23H2,1-12H3/b16-15+,25-19+,26-22-,27-21+,31-17-/t28-,29-,30+,33+,34+,40-,41+,42+,43+,44-,45+,46+,50-,51-/m1/s1. The molecule has 0 amide bonds. The molecule has 3 aliphatic heterocycles. The molecule has 1 aromatic carbocycles. The highest BCUT2D eigenvalue weighted by molar-refractivity contribution is 6.39. The number of benzene rings is 1. The Bertz CT molecular complexity index is 2220. The number of halogens is 2. The topological polar surface area (TPSA) is 267 Å². The largest absolute Gasteiger partial charge is 0.505 e. The number of methoxy groups -OCH3 is 1. The molecule has 0 aromatic heterocycles. The first-order valence-corrected chi connectivity index (χ1v) is 24.9. The third-order valence-electron chi connectivity index (χ3n) is 13.0. The van der Waals surface area contributed by atoms with Crippen molar-refractivity contribution in [3.05, 3.63) is 79.9 Å². The Labute approximate surface area is 431 Å². The fourth-order valence-electron chi connectivity index (χ4n) is 8.60. The highest BCUT2D eigenvalue weighted by Gasteiger charge is 2.53. The Balaban J connectivity index is 1.61. The number of rotatable bonds is 13. The maximum atomic E-state index is 13.9. The number of hydrogen-bond donors (Lipinski definition) is 7. The molecule has 0 spiro atoms. The van der Waals surface area contributed by atoms with Crippen molar-refractivity contribution in [1.82, 2.24) is 0 Å². The zero-order valence-corrected chi connectivity index (χ0v) is 44.5. The fourth-order valence-corrected chi connectivity index (χ4v) is 9.16. The van der Waals surface area contributed by atoms with Crippen LogP contribution in [0.1, 0.15) is 111 Å². The van der Waals surface area contributed by atoms with Crippen LogP contribution in [0.15, 0.2) is 58.7 Å². The van der Waals surface area contributed by atoms with Gasteiger partial charge in [0.1, 0.15) is 46.7 Å². The number of ether oxygens (including phenoxy) is 8. The van der Waals surface area contributed by atoms with Gasteiger partial charge in [-0.1, -0.05) is 86.9 Å². The smallest absolute Gasteiger partial charge is 0.342 e. The number of hydrogen-bond acceptors (Lipinski definition) is 18. The van der Waals surface area contributed by atoms with Crippen molar-refractivity contribution < 1.29 is 88.0 Å². The zero-order chi connectivity index (χ0) is 54.1. The van der Waals surface area contributed by atoms with Crippen LogP contribution in [-0.2, 0) is 53.9 Å². The molecule has 0 unspecified atom stereocenters. The van der Waals surface area contributed by atoms with E-state index in [4.69, 9.17) is 61.1 Å². The number of aliphatic hydroxyl groups excluding tert-OH is 5. The summed E-state index contributed by atoms with van der Waals surface area (Å²) in [7, 11) is 1.26. The van der Waals surface area contributed by atoms with Gasteiger partial charge in [0.15, 0.2) is 36.3 Å². The van der Waals surface area contributed by atoms with Crippen LogP contribution in [0.3, 0.4) is 0 Å². The van der Waals surface area contributed by atoms with Gasteiger partial charge in [-0.3, -0.25) is 4.79 Å². The predicted octanol–water partition coefficient (Wildman–Crippen LogP) is 6.23. The van der Waals surface area contributed by atoms with Gasteiger partial charge in [0.05, 0.1) is 47.5 Å². The zero-order valence-electron chi connectivity index (χ0n) is 43.0. The molecule has 0 aliphatic carbocycles. The predicted molar refractivity (Wildman–Crippen MR) is 265 cm³/mol. The van der Waals surface area contributed by atoms with E-state index in [1.54, 1.807) is 53.7 Å². The Hall–Kier alpha value is -3.89. The molecule has 4 rings (SSSR count). The minimum Gasteiger partial charge on any atom is -0.505 e. The molecular formula is C52H74Cl2O18. The summed E-state index contributed by atoms with van der Waals surface area (Å²) in [6, 6.07) is 0. The quantitative estimate of drug-likeness (QED) is 0.0655. The fraction of sp³-hybridized carbons (Fsp3) is 0.635. The molecule has 7 N–H and O–H groups in total. The molecule has 14 atom stereocenters. The molecule has 3 heterocycles. The summed E-state index contributed by atoms with van der Waals surface area (Å²) in [4.78, 5) is 40.0. The third-order valence-corrected chi connectivity index (χ3v) is 13.8. The molecule has 1 aromatic rings. The lowest BCUT2D eigenvalue weighted by molar-refractivity contribution is -0.333. The van der Waals surface area contributed by atoms with Crippen LogP contribution in [0.25, 0.3) is 0 Å². The van der Waals surface area contributed by atoms with Gasteiger partial charge in [0.25, 0.3) is 0 Å². The highest BCUT2D eigenvalue weighted by atomic mass is 35.5. The second-order valence-electron chi connectivity index (χ2n) is 19.4. The molecule has 2 fully saturated rings. The molecule has 404 valence electrons. The van der Waals surface area contributed by atoms with Crippen LogP contribution < -0.4 is 0 Å². The van der Waals surface area contributed by atoms with Gasteiger partial charge >= 0.3 is 17.9 Å². The summed E-state index contributed by atoms with van der Waals surface area (Å²) in [6.07, 6.45) is -5.45. The molecule has 18 nitrogen and oxygen atoms in total. The van der Waals surface area contributed by atoms with Crippen molar-refractivity contribution in [2.75, 3.05) is 13.7 Å². The van der Waals surface area contributed by atoms with Crippen LogP contribution in [0.5, 0.6) is 11.5 Å². The van der Waals surface area contributed by atoms with E-state index in [1.165, 1.54) is 33.1 Å². The van der Waals surface area contributed by atoms with Gasteiger partial charge in [-0.25, -0.2) is 9.59 Å². The molecule has 0 bridgehead atoms. The van der Waals surface area contributed by atoms with Gasteiger partial charge in [-0.05, 0) is 90.5 Å². The van der Waals surface area contributed by atoms with Gasteiger partial charge in [0, 0.05) is 19.4 Å². The maximum absolute atomic E-state index is 13.9. The average Bonchev–Trinajstić information content (AvgIpc) is 3.32. The second-order valence-corrected chi connectivity index (χ2v) is 20.1. The van der Waals surface area contributed by atoms with Crippen LogP contribution in [0, 0.1) is 11.8 Å². The van der Waals surface area contributed by atoms with Crippen molar-refractivity contribution in [2.24, 2.45) is 11.8 Å². The monoisotopic (exact) mass is 1060 g/mol. The van der Waals surface area contributed by atoms with Crippen LogP contribution in [0.2, 0.25) is 10.0 Å².